The second kappa shape index (κ2) is 8.98. The third kappa shape index (κ3) is 4.02. The van der Waals surface area contributed by atoms with Gasteiger partial charge in [0.2, 0.25) is 17.7 Å². The second-order valence-electron chi connectivity index (χ2n) is 9.98. The van der Waals surface area contributed by atoms with Crippen LogP contribution in [0.15, 0.2) is 16.9 Å². The summed E-state index contributed by atoms with van der Waals surface area (Å²) >= 11 is 1.65. The number of nitrogens with one attached hydrogen (secondary N) is 1. The van der Waals surface area contributed by atoms with Gasteiger partial charge in [-0.1, -0.05) is 12.2 Å². The van der Waals surface area contributed by atoms with Crippen molar-refractivity contribution in [3.8, 4) is 0 Å². The Hall–Kier alpha value is -2.85. The fraction of sp³-hybridized carbons (Fsp3) is 0.560. The zero-order chi connectivity index (χ0) is 24.1. The third-order valence-electron chi connectivity index (χ3n) is 7.86. The van der Waals surface area contributed by atoms with Gasteiger partial charge in [0.05, 0.1) is 23.8 Å². The molecule has 2 aromatic rings. The van der Waals surface area contributed by atoms with E-state index in [0.717, 1.165) is 29.5 Å². The van der Waals surface area contributed by atoms with E-state index < -0.39 is 0 Å². The lowest BCUT2D eigenvalue weighted by Gasteiger charge is -2.35. The number of piperazine rings is 1. The Morgan fingerprint density at radius 3 is 2.40 bits per heavy atom. The van der Waals surface area contributed by atoms with Crippen molar-refractivity contribution in [1.82, 2.24) is 24.7 Å². The topological polar surface area (TPSA) is 107 Å². The van der Waals surface area contributed by atoms with Crippen LogP contribution in [0.4, 0.5) is 0 Å². The first-order valence-corrected chi connectivity index (χ1v) is 13.3. The maximum Gasteiger partial charge on any atom is 0.259 e. The van der Waals surface area contributed by atoms with Crippen LogP contribution in [-0.2, 0) is 33.8 Å². The summed E-state index contributed by atoms with van der Waals surface area (Å²) in [4.78, 5) is 66.0. The molecule has 9 nitrogen and oxygen atoms in total. The maximum absolute atomic E-state index is 12.9. The molecule has 4 heterocycles. The molecule has 2 aliphatic heterocycles. The molecule has 4 aliphatic rings. The molecular formula is C25H29N5O4S. The minimum Gasteiger partial charge on any atom is -0.339 e. The summed E-state index contributed by atoms with van der Waals surface area (Å²) in [7, 11) is 0. The summed E-state index contributed by atoms with van der Waals surface area (Å²) in [6.45, 7) is 2.68. The van der Waals surface area contributed by atoms with Crippen molar-refractivity contribution in [2.24, 2.45) is 11.8 Å². The number of amides is 3. The van der Waals surface area contributed by atoms with Crippen LogP contribution in [0.2, 0.25) is 0 Å². The van der Waals surface area contributed by atoms with Gasteiger partial charge in [-0.3, -0.25) is 29.0 Å². The first kappa shape index (κ1) is 22.6. The number of aryl methyl sites for hydroxylation is 2. The van der Waals surface area contributed by atoms with Gasteiger partial charge >= 0.3 is 0 Å². The van der Waals surface area contributed by atoms with Crippen molar-refractivity contribution in [1.29, 1.82) is 0 Å². The van der Waals surface area contributed by atoms with Crippen molar-refractivity contribution in [2.45, 2.75) is 45.1 Å². The van der Waals surface area contributed by atoms with E-state index in [-0.39, 0.29) is 41.7 Å². The predicted molar refractivity (Wildman–Crippen MR) is 131 cm³/mol. The fourth-order valence-corrected chi connectivity index (χ4v) is 7.19. The highest BCUT2D eigenvalue weighted by atomic mass is 32.1. The molecular weight excluding hydrogens is 466 g/mol. The van der Waals surface area contributed by atoms with Crippen LogP contribution in [-0.4, -0.2) is 75.1 Å². The van der Waals surface area contributed by atoms with Gasteiger partial charge in [0, 0.05) is 31.1 Å². The lowest BCUT2D eigenvalue weighted by molar-refractivity contribution is -0.147. The van der Waals surface area contributed by atoms with Crippen LogP contribution >= 0.6 is 11.3 Å². The molecule has 2 aliphatic carbocycles. The molecule has 0 saturated carbocycles. The van der Waals surface area contributed by atoms with E-state index in [0.29, 0.717) is 51.4 Å². The molecule has 6 rings (SSSR count). The molecule has 1 N–H and O–H groups in total. The highest BCUT2D eigenvalue weighted by molar-refractivity contribution is 7.18. The van der Waals surface area contributed by atoms with Gasteiger partial charge in [-0.05, 0) is 44.1 Å². The van der Waals surface area contributed by atoms with Crippen LogP contribution < -0.4 is 5.56 Å². The number of aromatic nitrogens is 2. The van der Waals surface area contributed by atoms with E-state index in [9.17, 15) is 19.2 Å². The number of H-pyrrole nitrogens is 1. The average molecular weight is 496 g/mol. The van der Waals surface area contributed by atoms with Crippen molar-refractivity contribution >= 4 is 39.3 Å². The predicted octanol–water partition coefficient (Wildman–Crippen LogP) is 1.46. The number of likely N-dealkylation sites (tertiary alicyclic amines) is 1. The van der Waals surface area contributed by atoms with E-state index in [4.69, 9.17) is 4.98 Å². The molecule has 2 atom stereocenters. The smallest absolute Gasteiger partial charge is 0.259 e. The molecule has 0 aromatic carbocycles. The van der Waals surface area contributed by atoms with E-state index in [1.807, 2.05) is 12.2 Å². The lowest BCUT2D eigenvalue weighted by Crippen LogP contribution is -2.51. The minimum atomic E-state index is -0.307. The minimum absolute atomic E-state index is 0.0473. The first-order chi connectivity index (χ1) is 17.0. The molecule has 0 radical (unpaired) electrons. The zero-order valence-electron chi connectivity index (χ0n) is 19.6. The number of imide groups is 1. The Morgan fingerprint density at radius 2 is 1.69 bits per heavy atom. The SMILES string of the molecule is O=C(CN1C(=O)C2CC=CCC2C1=O)N1CCN(Cc2nc3sc4c(c3c(=O)[nH]2)CCCC4)CC1. The summed E-state index contributed by atoms with van der Waals surface area (Å²) in [5.41, 5.74) is 1.14. The van der Waals surface area contributed by atoms with Gasteiger partial charge in [0.1, 0.15) is 17.2 Å². The fourth-order valence-electron chi connectivity index (χ4n) is 5.91. The Morgan fingerprint density at radius 1 is 1.00 bits per heavy atom. The molecule has 35 heavy (non-hydrogen) atoms. The molecule has 2 fully saturated rings. The monoisotopic (exact) mass is 495 g/mol. The Labute approximate surface area is 206 Å². The molecule has 2 unspecified atom stereocenters. The lowest BCUT2D eigenvalue weighted by atomic mass is 9.85. The number of fused-ring (bicyclic) bond motifs is 4. The van der Waals surface area contributed by atoms with Crippen molar-refractivity contribution < 1.29 is 14.4 Å². The molecule has 2 saturated heterocycles. The summed E-state index contributed by atoms with van der Waals surface area (Å²) in [6.07, 6.45) is 9.35. The molecule has 184 valence electrons. The van der Waals surface area contributed by atoms with Crippen LogP contribution in [0.3, 0.4) is 0 Å². The highest BCUT2D eigenvalue weighted by Gasteiger charge is 2.48. The quantitative estimate of drug-likeness (QED) is 0.509. The number of aromatic amines is 1. The highest BCUT2D eigenvalue weighted by Crippen LogP contribution is 2.35. The second-order valence-corrected chi connectivity index (χ2v) is 11.1. The number of allylic oxidation sites excluding steroid dienone is 2. The molecule has 2 aromatic heterocycles. The number of hydrogen-bond acceptors (Lipinski definition) is 7. The Bertz CT molecular complexity index is 1260. The van der Waals surface area contributed by atoms with Crippen LogP contribution in [0.5, 0.6) is 0 Å². The van der Waals surface area contributed by atoms with E-state index in [1.54, 1.807) is 16.2 Å². The van der Waals surface area contributed by atoms with Gasteiger partial charge in [-0.2, -0.15) is 0 Å². The van der Waals surface area contributed by atoms with E-state index in [2.05, 4.69) is 9.88 Å². The van der Waals surface area contributed by atoms with Crippen LogP contribution in [0.1, 0.15) is 41.9 Å². The Kier molecular flexibility index (Phi) is 5.80. The summed E-state index contributed by atoms with van der Waals surface area (Å²) in [5.74, 6) is -0.564. The largest absolute Gasteiger partial charge is 0.339 e. The summed E-state index contributed by atoms with van der Waals surface area (Å²) in [6, 6.07) is 0. The number of thiophene rings is 1. The number of rotatable bonds is 4. The van der Waals surface area contributed by atoms with Crippen molar-refractivity contribution in [3.05, 3.63) is 38.8 Å². The summed E-state index contributed by atoms with van der Waals surface area (Å²) < 4.78 is 0. The molecule has 0 bridgehead atoms. The Balaban J connectivity index is 1.07. The van der Waals surface area contributed by atoms with Crippen LogP contribution in [0, 0.1) is 11.8 Å². The van der Waals surface area contributed by atoms with Gasteiger partial charge in [-0.15, -0.1) is 11.3 Å². The standard InChI is InChI=1S/C25H29N5O4S/c31-20(14-30-24(33)15-5-1-2-6-16(15)25(30)34)29-11-9-28(10-12-29)13-19-26-22(32)21-17-7-3-4-8-18(17)35-23(21)27-19/h1-2,15-16H,3-14H2,(H,26,27,32). The van der Waals surface area contributed by atoms with Gasteiger partial charge in [0.15, 0.2) is 0 Å². The van der Waals surface area contributed by atoms with Crippen LogP contribution in [0.25, 0.3) is 10.2 Å². The first-order valence-electron chi connectivity index (χ1n) is 12.5. The zero-order valence-corrected chi connectivity index (χ0v) is 20.4. The summed E-state index contributed by atoms with van der Waals surface area (Å²) in [5, 5.41) is 0.769. The molecule has 3 amide bonds. The molecule has 0 spiro atoms. The molecule has 10 heteroatoms. The van der Waals surface area contributed by atoms with Gasteiger partial charge in [-0.25, -0.2) is 4.98 Å². The maximum atomic E-state index is 12.9. The third-order valence-corrected chi connectivity index (χ3v) is 9.05. The van der Waals surface area contributed by atoms with E-state index >= 15 is 0 Å². The number of hydrogen-bond donors (Lipinski definition) is 1. The van der Waals surface area contributed by atoms with Crippen molar-refractivity contribution in [2.75, 3.05) is 32.7 Å². The van der Waals surface area contributed by atoms with Gasteiger partial charge < -0.3 is 9.88 Å². The normalized spacial score (nSPS) is 24.8. The van der Waals surface area contributed by atoms with Gasteiger partial charge in [0.25, 0.3) is 5.56 Å². The van der Waals surface area contributed by atoms with E-state index in [1.165, 1.54) is 21.8 Å². The number of carbonyl (C=O) groups excluding carboxylic acids is 3. The van der Waals surface area contributed by atoms with Crippen molar-refractivity contribution in [3.63, 3.8) is 0 Å². The number of carbonyl (C=O) groups is 3. The number of nitrogens with zero attached hydrogens (tertiary/aromatic N) is 4. The average Bonchev–Trinajstić information content (AvgIpc) is 3.36.